The molecule has 20 heavy (non-hydrogen) atoms. The monoisotopic (exact) mass is 277 g/mol. The molecule has 0 bridgehead atoms. The summed E-state index contributed by atoms with van der Waals surface area (Å²) in [7, 11) is 0. The smallest absolute Gasteiger partial charge is 0.270 e. The summed E-state index contributed by atoms with van der Waals surface area (Å²) in [5, 5.41) is 14.6. The summed E-state index contributed by atoms with van der Waals surface area (Å²) in [5.41, 5.74) is 7.81. The van der Waals surface area contributed by atoms with Gasteiger partial charge < -0.3 is 15.0 Å². The maximum absolute atomic E-state index is 10.7. The van der Waals surface area contributed by atoms with Crippen molar-refractivity contribution in [3.8, 4) is 5.75 Å². The van der Waals surface area contributed by atoms with Gasteiger partial charge >= 0.3 is 0 Å². The molecule has 2 rings (SSSR count). The van der Waals surface area contributed by atoms with Crippen molar-refractivity contribution in [2.75, 3.05) is 0 Å². The molecule has 0 saturated heterocycles. The van der Waals surface area contributed by atoms with Gasteiger partial charge in [-0.3, -0.25) is 10.1 Å². The molecule has 0 saturated carbocycles. The second-order valence-corrected chi connectivity index (χ2v) is 4.34. The van der Waals surface area contributed by atoms with E-state index >= 15 is 0 Å². The first kappa shape index (κ1) is 14.0. The van der Waals surface area contributed by atoms with Crippen LogP contribution in [0.5, 0.6) is 5.75 Å². The Kier molecular flexibility index (Phi) is 3.99. The van der Waals surface area contributed by atoms with Gasteiger partial charge in [0.2, 0.25) is 0 Å². The van der Waals surface area contributed by atoms with Crippen molar-refractivity contribution < 1.29 is 14.2 Å². The first-order valence-corrected chi connectivity index (χ1v) is 6.05. The van der Waals surface area contributed by atoms with Gasteiger partial charge in [-0.1, -0.05) is 5.16 Å². The molecule has 0 unspecified atom stereocenters. The molecular formula is C13H15N3O4. The van der Waals surface area contributed by atoms with Gasteiger partial charge in [0.1, 0.15) is 18.1 Å². The molecule has 0 fully saturated rings. The minimum atomic E-state index is -0.461. The molecule has 2 N–H and O–H groups in total. The Hall–Kier alpha value is -2.41. The van der Waals surface area contributed by atoms with E-state index in [0.717, 1.165) is 11.3 Å². The first-order chi connectivity index (χ1) is 9.52. The fourth-order valence-electron chi connectivity index (χ4n) is 1.84. The highest BCUT2D eigenvalue weighted by Crippen LogP contribution is 2.25. The van der Waals surface area contributed by atoms with Crippen LogP contribution in [0.1, 0.15) is 22.6 Å². The second-order valence-electron chi connectivity index (χ2n) is 4.34. The number of non-ortho nitro benzene ring substituents is 1. The van der Waals surface area contributed by atoms with Crippen LogP contribution in [0.25, 0.3) is 0 Å². The molecule has 0 aliphatic heterocycles. The van der Waals surface area contributed by atoms with Crippen molar-refractivity contribution in [2.45, 2.75) is 27.0 Å². The van der Waals surface area contributed by atoms with E-state index in [2.05, 4.69) is 5.16 Å². The van der Waals surface area contributed by atoms with Gasteiger partial charge in [0.05, 0.1) is 16.2 Å². The minimum Gasteiger partial charge on any atom is -0.488 e. The van der Waals surface area contributed by atoms with Gasteiger partial charge in [-0.05, 0) is 19.9 Å². The molecule has 0 spiro atoms. The molecule has 0 aliphatic rings. The van der Waals surface area contributed by atoms with Crippen LogP contribution in [0.15, 0.2) is 22.7 Å². The van der Waals surface area contributed by atoms with Crippen molar-refractivity contribution in [3.05, 3.63) is 50.9 Å². The summed E-state index contributed by atoms with van der Waals surface area (Å²) in [6, 6.07) is 4.36. The molecule has 1 aromatic carbocycles. The van der Waals surface area contributed by atoms with Crippen LogP contribution in [-0.2, 0) is 13.2 Å². The Bertz CT molecular complexity index is 617. The molecular weight excluding hydrogens is 262 g/mol. The predicted octanol–water partition coefficient (Wildman–Crippen LogP) is 2.24. The van der Waals surface area contributed by atoms with E-state index in [1.54, 1.807) is 13.0 Å². The number of nitrogens with two attached hydrogens (primary N) is 1. The quantitative estimate of drug-likeness (QED) is 0.663. The lowest BCUT2D eigenvalue weighted by molar-refractivity contribution is -0.384. The summed E-state index contributed by atoms with van der Waals surface area (Å²) in [4.78, 5) is 10.3. The molecule has 1 heterocycles. The topological polar surface area (TPSA) is 104 Å². The number of hydrogen-bond donors (Lipinski definition) is 1. The van der Waals surface area contributed by atoms with Crippen LogP contribution in [0.4, 0.5) is 5.69 Å². The molecule has 106 valence electrons. The van der Waals surface area contributed by atoms with E-state index in [4.69, 9.17) is 15.0 Å². The number of nitro groups is 1. The highest BCUT2D eigenvalue weighted by molar-refractivity contribution is 5.43. The average molecular weight is 277 g/mol. The lowest BCUT2D eigenvalue weighted by Crippen LogP contribution is -2.04. The van der Waals surface area contributed by atoms with Gasteiger partial charge in [0, 0.05) is 24.2 Å². The van der Waals surface area contributed by atoms with Crippen molar-refractivity contribution in [1.29, 1.82) is 0 Å². The second kappa shape index (κ2) is 5.70. The molecule has 0 atom stereocenters. The number of nitro benzene ring substituents is 1. The fraction of sp³-hybridized carbons (Fsp3) is 0.308. The number of hydrogen-bond acceptors (Lipinski definition) is 6. The van der Waals surface area contributed by atoms with E-state index in [9.17, 15) is 10.1 Å². The zero-order valence-corrected chi connectivity index (χ0v) is 11.3. The third kappa shape index (κ3) is 2.77. The fourth-order valence-corrected chi connectivity index (χ4v) is 1.84. The standard InChI is InChI=1S/C13H15N3O4/c1-8-12(9(2)20-15-8)7-19-13-4-3-11(16(17)18)5-10(13)6-14/h3-5H,6-7,14H2,1-2H3. The Morgan fingerprint density at radius 1 is 1.45 bits per heavy atom. The van der Waals surface area contributed by atoms with Crippen molar-refractivity contribution in [2.24, 2.45) is 5.73 Å². The highest BCUT2D eigenvalue weighted by Gasteiger charge is 2.13. The van der Waals surface area contributed by atoms with Gasteiger partial charge in [-0.15, -0.1) is 0 Å². The first-order valence-electron chi connectivity index (χ1n) is 6.05. The average Bonchev–Trinajstić information content (AvgIpc) is 2.75. The summed E-state index contributed by atoms with van der Waals surface area (Å²) < 4.78 is 10.7. The molecule has 0 radical (unpaired) electrons. The lowest BCUT2D eigenvalue weighted by atomic mass is 10.1. The summed E-state index contributed by atoms with van der Waals surface area (Å²) in [5.74, 6) is 1.22. The maximum Gasteiger partial charge on any atom is 0.270 e. The van der Waals surface area contributed by atoms with E-state index in [1.807, 2.05) is 6.92 Å². The lowest BCUT2D eigenvalue weighted by Gasteiger charge is -2.10. The van der Waals surface area contributed by atoms with Crippen molar-refractivity contribution in [3.63, 3.8) is 0 Å². The normalized spacial score (nSPS) is 10.6. The summed E-state index contributed by atoms with van der Waals surface area (Å²) >= 11 is 0. The van der Waals surface area contributed by atoms with Crippen molar-refractivity contribution >= 4 is 5.69 Å². The number of ether oxygens (including phenoxy) is 1. The van der Waals surface area contributed by atoms with E-state index in [1.165, 1.54) is 12.1 Å². The summed E-state index contributed by atoms with van der Waals surface area (Å²) in [6.45, 7) is 4.08. The Labute approximate surface area is 115 Å². The van der Waals surface area contributed by atoms with Gasteiger partial charge in [-0.2, -0.15) is 0 Å². The van der Waals surface area contributed by atoms with Crippen LogP contribution in [0.2, 0.25) is 0 Å². The molecule has 1 aromatic heterocycles. The predicted molar refractivity (Wildman–Crippen MR) is 71.3 cm³/mol. The summed E-state index contributed by atoms with van der Waals surface area (Å²) in [6.07, 6.45) is 0. The van der Waals surface area contributed by atoms with E-state index < -0.39 is 4.92 Å². The Balaban J connectivity index is 2.19. The Morgan fingerprint density at radius 2 is 2.20 bits per heavy atom. The third-order valence-electron chi connectivity index (χ3n) is 3.03. The minimum absolute atomic E-state index is 0.00450. The SMILES string of the molecule is Cc1noc(C)c1COc1ccc([N+](=O)[O-])cc1CN. The van der Waals surface area contributed by atoms with E-state index in [-0.39, 0.29) is 18.8 Å². The van der Waals surface area contributed by atoms with Crippen LogP contribution in [0, 0.1) is 24.0 Å². The Morgan fingerprint density at radius 3 is 2.75 bits per heavy atom. The largest absolute Gasteiger partial charge is 0.488 e. The molecule has 7 nitrogen and oxygen atoms in total. The van der Waals surface area contributed by atoms with E-state index in [0.29, 0.717) is 17.1 Å². The maximum atomic E-state index is 10.7. The number of rotatable bonds is 5. The van der Waals surface area contributed by atoms with Gasteiger partial charge in [-0.25, -0.2) is 0 Å². The molecule has 2 aromatic rings. The number of benzene rings is 1. The zero-order chi connectivity index (χ0) is 14.7. The highest BCUT2D eigenvalue weighted by atomic mass is 16.6. The van der Waals surface area contributed by atoms with Crippen LogP contribution in [-0.4, -0.2) is 10.1 Å². The third-order valence-corrected chi connectivity index (χ3v) is 3.03. The molecule has 0 aliphatic carbocycles. The number of aromatic nitrogens is 1. The molecule has 0 amide bonds. The van der Waals surface area contributed by atoms with Gasteiger partial charge in [0.15, 0.2) is 0 Å². The van der Waals surface area contributed by atoms with Crippen LogP contribution < -0.4 is 10.5 Å². The van der Waals surface area contributed by atoms with Crippen molar-refractivity contribution in [1.82, 2.24) is 5.16 Å². The van der Waals surface area contributed by atoms with Crippen LogP contribution >= 0.6 is 0 Å². The molecule has 7 heteroatoms. The van der Waals surface area contributed by atoms with Crippen LogP contribution in [0.3, 0.4) is 0 Å². The number of aryl methyl sites for hydroxylation is 2. The number of nitrogens with zero attached hydrogens (tertiary/aromatic N) is 2. The zero-order valence-electron chi connectivity index (χ0n) is 11.3. The van der Waals surface area contributed by atoms with Gasteiger partial charge in [0.25, 0.3) is 5.69 Å².